The Balaban J connectivity index is 3.65. The lowest BCUT2D eigenvalue weighted by molar-refractivity contribution is -0.267. The van der Waals surface area contributed by atoms with E-state index in [-0.39, 0.29) is 12.1 Å². The second kappa shape index (κ2) is 17.0. The van der Waals surface area contributed by atoms with Crippen LogP contribution in [0, 0.1) is 0 Å². The van der Waals surface area contributed by atoms with Crippen molar-refractivity contribution in [2.75, 3.05) is 7.11 Å². The first-order chi connectivity index (χ1) is 11.2. The Kier molecular flexibility index (Phi) is 15.9. The third kappa shape index (κ3) is 15.3. The van der Waals surface area contributed by atoms with Gasteiger partial charge in [0.2, 0.25) is 0 Å². The number of methoxy groups -OCH3 is 1. The van der Waals surface area contributed by atoms with Crippen molar-refractivity contribution in [3.8, 4) is 0 Å². The van der Waals surface area contributed by atoms with Crippen molar-refractivity contribution in [3.63, 3.8) is 0 Å². The molecule has 0 radical (unpaired) electrons. The van der Waals surface area contributed by atoms with Gasteiger partial charge in [0.05, 0.1) is 7.11 Å². The van der Waals surface area contributed by atoms with Gasteiger partial charge in [-0.1, -0.05) is 69.1 Å². The van der Waals surface area contributed by atoms with Crippen LogP contribution in [0.15, 0.2) is 36.5 Å². The van der Waals surface area contributed by atoms with E-state index >= 15 is 0 Å². The van der Waals surface area contributed by atoms with Gasteiger partial charge in [-0.15, -0.1) is 0 Å². The second-order valence-corrected chi connectivity index (χ2v) is 5.45. The molecule has 0 aromatic heterocycles. The van der Waals surface area contributed by atoms with Crippen LogP contribution in [0.5, 0.6) is 0 Å². The quantitative estimate of drug-likeness (QED) is 0.119. The smallest absolute Gasteiger partial charge is 0.305 e. The molecule has 1 N–H and O–H groups in total. The number of unbranched alkanes of at least 4 members (excludes halogenated alkanes) is 4. The van der Waals surface area contributed by atoms with Crippen molar-refractivity contribution >= 4 is 5.97 Å². The number of rotatable bonds is 14. The number of carbonyl (C=O) groups is 1. The van der Waals surface area contributed by atoms with E-state index in [0.29, 0.717) is 6.42 Å². The first kappa shape index (κ1) is 21.6. The van der Waals surface area contributed by atoms with Crippen molar-refractivity contribution in [1.82, 2.24) is 0 Å². The Morgan fingerprint density at radius 2 is 1.78 bits per heavy atom. The molecule has 0 aliphatic carbocycles. The lowest BCUT2D eigenvalue weighted by atomic mass is 10.1. The molecule has 0 aliphatic heterocycles. The van der Waals surface area contributed by atoms with E-state index in [1.54, 1.807) is 0 Å². The Hall–Kier alpha value is -1.39. The molecule has 0 saturated carbocycles. The normalized spacial score (nSPS) is 13.3. The maximum absolute atomic E-state index is 10.9. The average molecular weight is 324 g/mol. The molecule has 0 rings (SSSR count). The van der Waals surface area contributed by atoms with Gasteiger partial charge in [0.1, 0.15) is 6.10 Å². The first-order valence-electron chi connectivity index (χ1n) is 8.60. The summed E-state index contributed by atoms with van der Waals surface area (Å²) in [6.07, 6.45) is 20.2. The topological polar surface area (TPSA) is 55.8 Å². The average Bonchev–Trinajstić information content (AvgIpc) is 2.57. The summed E-state index contributed by atoms with van der Waals surface area (Å²) in [6, 6.07) is 0. The molecule has 4 nitrogen and oxygen atoms in total. The van der Waals surface area contributed by atoms with Crippen LogP contribution in [0.25, 0.3) is 0 Å². The summed E-state index contributed by atoms with van der Waals surface area (Å²) in [7, 11) is 1.42. The molecule has 0 aliphatic rings. The number of hydrogen-bond acceptors (Lipinski definition) is 4. The maximum atomic E-state index is 10.9. The van der Waals surface area contributed by atoms with Gasteiger partial charge in [-0.2, -0.15) is 0 Å². The summed E-state index contributed by atoms with van der Waals surface area (Å²) in [5.74, 6) is -0.137. The molecule has 0 amide bonds. The van der Waals surface area contributed by atoms with Crippen molar-refractivity contribution in [3.05, 3.63) is 36.5 Å². The van der Waals surface area contributed by atoms with E-state index in [2.05, 4.69) is 34.8 Å². The molecular formula is C19H32O4. The molecular weight excluding hydrogens is 292 g/mol. The molecule has 0 aromatic rings. The summed E-state index contributed by atoms with van der Waals surface area (Å²) < 4.78 is 4.60. The van der Waals surface area contributed by atoms with Gasteiger partial charge in [-0.05, 0) is 25.7 Å². The SMILES string of the molecule is CCC=CCC=CC=CC(CCCCCCCC(=O)OC)OO. The fourth-order valence-corrected chi connectivity index (χ4v) is 2.12. The Morgan fingerprint density at radius 3 is 2.48 bits per heavy atom. The largest absolute Gasteiger partial charge is 0.469 e. The molecule has 0 fully saturated rings. The summed E-state index contributed by atoms with van der Waals surface area (Å²) in [4.78, 5) is 15.4. The zero-order valence-electron chi connectivity index (χ0n) is 14.6. The molecule has 23 heavy (non-hydrogen) atoms. The van der Waals surface area contributed by atoms with Crippen molar-refractivity contribution in [1.29, 1.82) is 0 Å². The Morgan fingerprint density at radius 1 is 1.04 bits per heavy atom. The molecule has 0 aromatic carbocycles. The third-order valence-electron chi connectivity index (χ3n) is 3.48. The summed E-state index contributed by atoms with van der Waals surface area (Å²) in [5.41, 5.74) is 0. The van der Waals surface area contributed by atoms with E-state index in [4.69, 9.17) is 5.26 Å². The molecule has 1 atom stereocenters. The number of ether oxygens (including phenoxy) is 1. The highest BCUT2D eigenvalue weighted by Crippen LogP contribution is 2.11. The minimum absolute atomic E-state index is 0.137. The third-order valence-corrected chi connectivity index (χ3v) is 3.48. The van der Waals surface area contributed by atoms with Crippen molar-refractivity contribution in [2.24, 2.45) is 0 Å². The van der Waals surface area contributed by atoms with Crippen LogP contribution in [0.4, 0.5) is 0 Å². The van der Waals surface area contributed by atoms with Gasteiger partial charge in [0.25, 0.3) is 0 Å². The van der Waals surface area contributed by atoms with Gasteiger partial charge in [0, 0.05) is 6.42 Å². The number of esters is 1. The van der Waals surface area contributed by atoms with Crippen LogP contribution >= 0.6 is 0 Å². The van der Waals surface area contributed by atoms with E-state index in [1.807, 2.05) is 18.2 Å². The van der Waals surface area contributed by atoms with E-state index in [1.165, 1.54) is 7.11 Å². The summed E-state index contributed by atoms with van der Waals surface area (Å²) in [6.45, 7) is 2.11. The monoisotopic (exact) mass is 324 g/mol. The zero-order valence-corrected chi connectivity index (χ0v) is 14.6. The molecule has 0 heterocycles. The highest BCUT2D eigenvalue weighted by Gasteiger charge is 2.04. The van der Waals surface area contributed by atoms with Crippen LogP contribution < -0.4 is 0 Å². The lowest BCUT2D eigenvalue weighted by Crippen LogP contribution is -2.06. The Bertz CT molecular complexity index is 358. The minimum Gasteiger partial charge on any atom is -0.469 e. The molecule has 132 valence electrons. The first-order valence-corrected chi connectivity index (χ1v) is 8.60. The molecule has 0 spiro atoms. The predicted octanol–water partition coefficient (Wildman–Crippen LogP) is 5.22. The summed E-state index contributed by atoms with van der Waals surface area (Å²) >= 11 is 0. The van der Waals surface area contributed by atoms with Crippen LogP contribution in [-0.2, 0) is 14.4 Å². The zero-order chi connectivity index (χ0) is 17.2. The number of allylic oxidation sites excluding steroid dienone is 5. The van der Waals surface area contributed by atoms with E-state index < -0.39 is 0 Å². The fraction of sp³-hybridized carbons (Fsp3) is 0.632. The maximum Gasteiger partial charge on any atom is 0.305 e. The standard InChI is InChI=1S/C19H32O4/c1-3-4-5-6-7-9-12-15-18(23-21)16-13-10-8-11-14-17-19(20)22-2/h4-5,7,9,12,15,18,21H,3,6,8,10-11,13-14,16-17H2,1-2H3. The molecule has 1 unspecified atom stereocenters. The lowest BCUT2D eigenvalue weighted by Gasteiger charge is -2.08. The predicted molar refractivity (Wildman–Crippen MR) is 94.2 cm³/mol. The fourth-order valence-electron chi connectivity index (χ4n) is 2.12. The molecule has 0 bridgehead atoms. The van der Waals surface area contributed by atoms with Crippen molar-refractivity contribution in [2.45, 2.75) is 70.8 Å². The van der Waals surface area contributed by atoms with Crippen LogP contribution in [-0.4, -0.2) is 24.4 Å². The van der Waals surface area contributed by atoms with Crippen molar-refractivity contribution < 1.29 is 19.7 Å². The molecule has 4 heteroatoms. The van der Waals surface area contributed by atoms with Gasteiger partial charge < -0.3 is 4.74 Å². The van der Waals surface area contributed by atoms with Gasteiger partial charge in [-0.25, -0.2) is 4.89 Å². The van der Waals surface area contributed by atoms with Crippen LogP contribution in [0.3, 0.4) is 0 Å². The van der Waals surface area contributed by atoms with Crippen LogP contribution in [0.2, 0.25) is 0 Å². The Labute approximate surface area is 140 Å². The number of hydrogen-bond donors (Lipinski definition) is 1. The highest BCUT2D eigenvalue weighted by molar-refractivity contribution is 5.68. The van der Waals surface area contributed by atoms with Gasteiger partial charge >= 0.3 is 5.97 Å². The second-order valence-electron chi connectivity index (χ2n) is 5.45. The van der Waals surface area contributed by atoms with Crippen LogP contribution in [0.1, 0.15) is 64.7 Å². The van der Waals surface area contributed by atoms with E-state index in [9.17, 15) is 4.79 Å². The van der Waals surface area contributed by atoms with Gasteiger partial charge in [0.15, 0.2) is 0 Å². The summed E-state index contributed by atoms with van der Waals surface area (Å²) in [5, 5.41) is 8.89. The number of carbonyl (C=O) groups excluding carboxylic acids is 1. The van der Waals surface area contributed by atoms with Gasteiger partial charge in [-0.3, -0.25) is 10.1 Å². The minimum atomic E-state index is -0.249. The molecule has 0 saturated heterocycles. The van der Waals surface area contributed by atoms with E-state index in [0.717, 1.165) is 51.4 Å². The highest BCUT2D eigenvalue weighted by atomic mass is 17.1.